The van der Waals surface area contributed by atoms with Crippen LogP contribution in [-0.4, -0.2) is 26.2 Å². The first-order valence-electron chi connectivity index (χ1n) is 9.11. The highest BCUT2D eigenvalue weighted by Gasteiger charge is 2.49. The number of benzene rings is 1. The summed E-state index contributed by atoms with van der Waals surface area (Å²) in [6.45, 7) is 3.77. The van der Waals surface area contributed by atoms with Gasteiger partial charge in [0, 0.05) is 17.6 Å². The summed E-state index contributed by atoms with van der Waals surface area (Å²) in [4.78, 5) is 43.8. The number of carbonyl (C=O) groups excluding carboxylic acids is 2. The Balaban J connectivity index is 1.61. The van der Waals surface area contributed by atoms with Gasteiger partial charge in [0.25, 0.3) is 11.5 Å². The maximum atomic E-state index is 13.1. The van der Waals surface area contributed by atoms with E-state index in [9.17, 15) is 14.4 Å². The topological polar surface area (TPSA) is 83.8 Å². The van der Waals surface area contributed by atoms with Crippen molar-refractivity contribution in [2.45, 2.75) is 38.8 Å². The van der Waals surface area contributed by atoms with Crippen molar-refractivity contribution in [3.63, 3.8) is 0 Å². The summed E-state index contributed by atoms with van der Waals surface area (Å²) in [5, 5.41) is 4.56. The van der Waals surface area contributed by atoms with Crippen LogP contribution in [0.1, 0.15) is 37.1 Å². The van der Waals surface area contributed by atoms with E-state index in [0.717, 1.165) is 23.3 Å². The maximum absolute atomic E-state index is 13.1. The normalized spacial score (nSPS) is 19.4. The number of amides is 3. The van der Waals surface area contributed by atoms with E-state index in [-0.39, 0.29) is 18.0 Å². The zero-order chi connectivity index (χ0) is 19.9. The number of nitrogens with zero attached hydrogens (tertiary/aromatic N) is 3. The molecule has 1 atom stereocenters. The second-order valence-corrected chi connectivity index (χ2v) is 7.91. The van der Waals surface area contributed by atoms with Gasteiger partial charge >= 0.3 is 6.03 Å². The SMILES string of the molecule is CCCc1ccc(C2(C)NC(=O)N(Cc3cc(=O)n4ccsc4n3)C2=O)cc1. The third-order valence-corrected chi connectivity index (χ3v) is 5.78. The molecule has 1 aliphatic rings. The van der Waals surface area contributed by atoms with E-state index >= 15 is 0 Å². The molecule has 3 heterocycles. The van der Waals surface area contributed by atoms with Crippen LogP contribution in [0.2, 0.25) is 0 Å². The zero-order valence-electron chi connectivity index (χ0n) is 15.6. The first-order chi connectivity index (χ1) is 13.4. The number of hydrogen-bond donors (Lipinski definition) is 1. The molecule has 1 N–H and O–H groups in total. The molecule has 1 saturated heterocycles. The van der Waals surface area contributed by atoms with Gasteiger partial charge in [0.1, 0.15) is 5.54 Å². The second-order valence-electron chi connectivity index (χ2n) is 7.03. The van der Waals surface area contributed by atoms with Gasteiger partial charge in [-0.3, -0.25) is 18.9 Å². The third-order valence-electron chi connectivity index (χ3n) is 5.02. The van der Waals surface area contributed by atoms with Gasteiger partial charge in [-0.05, 0) is 24.5 Å². The Bertz CT molecular complexity index is 1120. The lowest BCUT2D eigenvalue weighted by atomic mass is 9.91. The quantitative estimate of drug-likeness (QED) is 0.672. The molecule has 0 radical (unpaired) electrons. The number of fused-ring (bicyclic) bond motifs is 1. The molecule has 8 heteroatoms. The van der Waals surface area contributed by atoms with E-state index in [2.05, 4.69) is 17.2 Å². The molecule has 1 unspecified atom stereocenters. The standard InChI is InChI=1S/C20H20N4O3S/c1-3-4-13-5-7-14(8-6-13)20(2)17(26)24(18(27)22-20)12-15-11-16(25)23-9-10-28-19(23)21-15/h5-11H,3-4,12H2,1-2H3,(H,22,27). The molecule has 1 aliphatic heterocycles. The van der Waals surface area contributed by atoms with Gasteiger partial charge in [0.2, 0.25) is 0 Å². The molecule has 7 nitrogen and oxygen atoms in total. The number of aromatic nitrogens is 2. The minimum atomic E-state index is -1.14. The van der Waals surface area contributed by atoms with Crippen molar-refractivity contribution in [3.8, 4) is 0 Å². The fraction of sp³-hybridized carbons (Fsp3) is 0.300. The molecular weight excluding hydrogens is 376 g/mol. The van der Waals surface area contributed by atoms with Gasteiger partial charge in [-0.25, -0.2) is 9.78 Å². The Morgan fingerprint density at radius 3 is 2.64 bits per heavy atom. The average molecular weight is 396 g/mol. The number of aryl methyl sites for hydroxylation is 1. The van der Waals surface area contributed by atoms with E-state index in [1.807, 2.05) is 24.3 Å². The molecule has 4 rings (SSSR count). The van der Waals surface area contributed by atoms with Crippen molar-refractivity contribution in [2.24, 2.45) is 0 Å². The zero-order valence-corrected chi connectivity index (χ0v) is 16.5. The molecule has 2 aromatic heterocycles. The second kappa shape index (κ2) is 6.87. The Hall–Kier alpha value is -3.00. The Morgan fingerprint density at radius 2 is 1.93 bits per heavy atom. The van der Waals surface area contributed by atoms with Gasteiger partial charge in [-0.2, -0.15) is 0 Å². The Kier molecular flexibility index (Phi) is 4.50. The molecule has 1 fully saturated rings. The minimum Gasteiger partial charge on any atom is -0.319 e. The van der Waals surface area contributed by atoms with Crippen molar-refractivity contribution in [1.29, 1.82) is 0 Å². The van der Waals surface area contributed by atoms with Gasteiger partial charge in [0.05, 0.1) is 12.2 Å². The lowest BCUT2D eigenvalue weighted by Crippen LogP contribution is -2.40. The van der Waals surface area contributed by atoms with Crippen LogP contribution in [0.3, 0.4) is 0 Å². The average Bonchev–Trinajstić information content (AvgIpc) is 3.22. The summed E-state index contributed by atoms with van der Waals surface area (Å²) in [6, 6.07) is 8.61. The number of imide groups is 1. The number of nitrogens with one attached hydrogen (secondary N) is 1. The van der Waals surface area contributed by atoms with Gasteiger partial charge in [0.15, 0.2) is 4.96 Å². The predicted molar refractivity (Wildman–Crippen MR) is 106 cm³/mol. The Labute approximate surface area is 165 Å². The Morgan fingerprint density at radius 1 is 1.18 bits per heavy atom. The highest BCUT2D eigenvalue weighted by Crippen LogP contribution is 2.30. The van der Waals surface area contributed by atoms with Crippen molar-refractivity contribution in [1.82, 2.24) is 19.6 Å². The monoisotopic (exact) mass is 396 g/mol. The van der Waals surface area contributed by atoms with Crippen LogP contribution < -0.4 is 10.9 Å². The first kappa shape index (κ1) is 18.4. The van der Waals surface area contributed by atoms with Crippen LogP contribution in [0.25, 0.3) is 4.96 Å². The molecule has 3 amide bonds. The van der Waals surface area contributed by atoms with Gasteiger partial charge in [-0.15, -0.1) is 11.3 Å². The van der Waals surface area contributed by atoms with Crippen molar-refractivity contribution in [2.75, 3.05) is 0 Å². The molecule has 144 valence electrons. The fourth-order valence-corrected chi connectivity index (χ4v) is 4.20. The lowest BCUT2D eigenvalue weighted by molar-refractivity contribution is -0.131. The van der Waals surface area contributed by atoms with Crippen LogP contribution in [0, 0.1) is 0 Å². The summed E-state index contributed by atoms with van der Waals surface area (Å²) in [7, 11) is 0. The van der Waals surface area contributed by atoms with Gasteiger partial charge < -0.3 is 5.32 Å². The van der Waals surface area contributed by atoms with Crippen LogP contribution >= 0.6 is 11.3 Å². The molecule has 1 aromatic carbocycles. The summed E-state index contributed by atoms with van der Waals surface area (Å²) >= 11 is 1.32. The molecule has 0 saturated carbocycles. The molecule has 0 bridgehead atoms. The molecule has 3 aromatic rings. The highest BCUT2D eigenvalue weighted by atomic mass is 32.1. The molecule has 0 aliphatic carbocycles. The first-order valence-corrected chi connectivity index (χ1v) is 9.99. The predicted octanol–water partition coefficient (Wildman–Crippen LogP) is 2.68. The van der Waals surface area contributed by atoms with Crippen LogP contribution in [0.4, 0.5) is 4.79 Å². The minimum absolute atomic E-state index is 0.0438. The molecular formula is C20H20N4O3S. The highest BCUT2D eigenvalue weighted by molar-refractivity contribution is 7.15. The smallest absolute Gasteiger partial charge is 0.319 e. The van der Waals surface area contributed by atoms with Crippen molar-refractivity contribution in [3.05, 3.63) is 69.1 Å². The van der Waals surface area contributed by atoms with Crippen molar-refractivity contribution < 1.29 is 9.59 Å². The van der Waals surface area contributed by atoms with E-state index < -0.39 is 11.6 Å². The number of urea groups is 1. The number of rotatable bonds is 5. The van der Waals surface area contributed by atoms with E-state index in [4.69, 9.17) is 0 Å². The van der Waals surface area contributed by atoms with Crippen LogP contribution in [0.5, 0.6) is 0 Å². The van der Waals surface area contributed by atoms with E-state index in [1.54, 1.807) is 18.5 Å². The van der Waals surface area contributed by atoms with Gasteiger partial charge in [-0.1, -0.05) is 37.6 Å². The maximum Gasteiger partial charge on any atom is 0.325 e. The largest absolute Gasteiger partial charge is 0.325 e. The van der Waals surface area contributed by atoms with Crippen molar-refractivity contribution >= 4 is 28.2 Å². The molecule has 28 heavy (non-hydrogen) atoms. The van der Waals surface area contributed by atoms with E-state index in [0.29, 0.717) is 10.7 Å². The third kappa shape index (κ3) is 2.99. The van der Waals surface area contributed by atoms with Crippen LogP contribution in [-0.2, 0) is 23.3 Å². The summed E-state index contributed by atoms with van der Waals surface area (Å²) < 4.78 is 1.43. The van der Waals surface area contributed by atoms with Crippen LogP contribution in [0.15, 0.2) is 46.7 Å². The summed E-state index contributed by atoms with van der Waals surface area (Å²) in [5.41, 5.74) is 0.942. The lowest BCUT2D eigenvalue weighted by Gasteiger charge is -2.22. The number of thiazole rings is 1. The number of carbonyl (C=O) groups is 2. The van der Waals surface area contributed by atoms with E-state index in [1.165, 1.54) is 27.4 Å². The fourth-order valence-electron chi connectivity index (χ4n) is 3.46. The number of hydrogen-bond acceptors (Lipinski definition) is 5. The molecule has 0 spiro atoms. The summed E-state index contributed by atoms with van der Waals surface area (Å²) in [5.74, 6) is -0.353. The summed E-state index contributed by atoms with van der Waals surface area (Å²) in [6.07, 6.45) is 3.66.